The highest BCUT2D eigenvalue weighted by Crippen LogP contribution is 2.38. The lowest BCUT2D eigenvalue weighted by Gasteiger charge is -2.29. The third-order valence-electron chi connectivity index (χ3n) is 5.66. The van der Waals surface area contributed by atoms with Gasteiger partial charge in [-0.3, -0.25) is 9.59 Å². The molecule has 8 nitrogen and oxygen atoms in total. The normalized spacial score (nSPS) is 16.6. The molecule has 2 heterocycles. The molecule has 0 saturated carbocycles. The Labute approximate surface area is 187 Å². The van der Waals surface area contributed by atoms with Gasteiger partial charge in [0, 0.05) is 32.9 Å². The Kier molecular flexibility index (Phi) is 6.05. The van der Waals surface area contributed by atoms with E-state index >= 15 is 0 Å². The number of benzene rings is 2. The summed E-state index contributed by atoms with van der Waals surface area (Å²) in [7, 11) is 6.93. The first-order chi connectivity index (χ1) is 15.5. The van der Waals surface area contributed by atoms with Gasteiger partial charge in [-0.2, -0.15) is 0 Å². The van der Waals surface area contributed by atoms with Gasteiger partial charge in [0.1, 0.15) is 5.70 Å². The second-order valence-corrected chi connectivity index (χ2v) is 7.75. The number of hydrogen-bond donors (Lipinski definition) is 0. The lowest BCUT2D eigenvalue weighted by atomic mass is 10.0. The zero-order valence-electron chi connectivity index (χ0n) is 18.8. The van der Waals surface area contributed by atoms with Gasteiger partial charge in [0.05, 0.1) is 38.7 Å². The Hall–Kier alpha value is -3.52. The molecule has 32 heavy (non-hydrogen) atoms. The van der Waals surface area contributed by atoms with E-state index in [1.54, 1.807) is 38.5 Å². The van der Waals surface area contributed by atoms with Crippen LogP contribution in [0.3, 0.4) is 0 Å². The van der Waals surface area contributed by atoms with Gasteiger partial charge < -0.3 is 24.0 Å². The molecular weight excluding hydrogens is 410 g/mol. The zero-order chi connectivity index (χ0) is 22.8. The summed E-state index contributed by atoms with van der Waals surface area (Å²) in [5.41, 5.74) is 2.78. The third kappa shape index (κ3) is 3.78. The molecule has 0 N–H and O–H groups in total. The fourth-order valence-corrected chi connectivity index (χ4v) is 4.00. The van der Waals surface area contributed by atoms with Gasteiger partial charge in [-0.25, -0.2) is 4.90 Å². The number of nitrogens with zero attached hydrogens (tertiary/aromatic N) is 3. The molecule has 1 fully saturated rings. The van der Waals surface area contributed by atoms with Crippen molar-refractivity contribution in [2.75, 3.05) is 64.4 Å². The quantitative estimate of drug-likeness (QED) is 0.643. The summed E-state index contributed by atoms with van der Waals surface area (Å²) in [4.78, 5) is 32.5. The van der Waals surface area contributed by atoms with E-state index in [4.69, 9.17) is 14.2 Å². The van der Waals surface area contributed by atoms with Crippen LogP contribution < -0.4 is 19.3 Å². The molecule has 2 amide bonds. The van der Waals surface area contributed by atoms with Gasteiger partial charge in [0.2, 0.25) is 0 Å². The summed E-state index contributed by atoms with van der Waals surface area (Å²) >= 11 is 0. The van der Waals surface area contributed by atoms with Gasteiger partial charge in [-0.1, -0.05) is 12.1 Å². The molecule has 0 atom stereocenters. The van der Waals surface area contributed by atoms with Gasteiger partial charge in [0.25, 0.3) is 11.8 Å². The van der Waals surface area contributed by atoms with Crippen LogP contribution in [-0.4, -0.2) is 71.3 Å². The number of ether oxygens (including phenoxy) is 3. The zero-order valence-corrected chi connectivity index (χ0v) is 18.8. The van der Waals surface area contributed by atoms with E-state index in [0.717, 1.165) is 5.69 Å². The largest absolute Gasteiger partial charge is 0.493 e. The number of rotatable bonds is 6. The number of methoxy groups -OCH3 is 2. The van der Waals surface area contributed by atoms with Crippen LogP contribution in [0.1, 0.15) is 5.56 Å². The standard InChI is InChI=1S/C24H27N3O5/c1-25(2)17-6-5-7-18(15-17)27-23(28)21(16-8-9-19(30-3)20(14-16)31-4)22(24(27)29)26-10-12-32-13-11-26/h5-9,14-15H,10-13H2,1-4H3. The van der Waals surface area contributed by atoms with Crippen LogP contribution in [0.25, 0.3) is 5.57 Å². The number of imide groups is 1. The van der Waals surface area contributed by atoms with Crippen molar-refractivity contribution in [3.63, 3.8) is 0 Å². The number of anilines is 2. The average molecular weight is 437 g/mol. The molecule has 168 valence electrons. The summed E-state index contributed by atoms with van der Waals surface area (Å²) < 4.78 is 16.2. The number of amides is 2. The second-order valence-electron chi connectivity index (χ2n) is 7.75. The first kappa shape index (κ1) is 21.7. The highest BCUT2D eigenvalue weighted by molar-refractivity contribution is 6.45. The van der Waals surface area contributed by atoms with Crippen molar-refractivity contribution >= 4 is 28.8 Å². The van der Waals surface area contributed by atoms with Gasteiger partial charge in [-0.05, 0) is 35.9 Å². The van der Waals surface area contributed by atoms with E-state index in [2.05, 4.69) is 0 Å². The summed E-state index contributed by atoms with van der Waals surface area (Å²) in [6.07, 6.45) is 0. The summed E-state index contributed by atoms with van der Waals surface area (Å²) in [6, 6.07) is 12.6. The van der Waals surface area contributed by atoms with Crippen LogP contribution in [0.5, 0.6) is 11.5 Å². The Balaban J connectivity index is 1.84. The molecule has 8 heteroatoms. The number of morpholine rings is 1. The molecule has 2 aromatic rings. The molecule has 2 aliphatic heterocycles. The van der Waals surface area contributed by atoms with Crippen LogP contribution in [0.4, 0.5) is 11.4 Å². The first-order valence-corrected chi connectivity index (χ1v) is 10.4. The van der Waals surface area contributed by atoms with Crippen LogP contribution in [-0.2, 0) is 14.3 Å². The highest BCUT2D eigenvalue weighted by Gasteiger charge is 2.43. The minimum Gasteiger partial charge on any atom is -0.493 e. The number of carbonyl (C=O) groups is 2. The molecule has 0 aliphatic carbocycles. The minimum atomic E-state index is -0.361. The van der Waals surface area contributed by atoms with E-state index in [-0.39, 0.29) is 11.8 Å². The smallest absolute Gasteiger partial charge is 0.282 e. The predicted molar refractivity (Wildman–Crippen MR) is 122 cm³/mol. The van der Waals surface area contributed by atoms with E-state index < -0.39 is 0 Å². The van der Waals surface area contributed by atoms with E-state index in [0.29, 0.717) is 60.3 Å². The maximum atomic E-state index is 13.7. The van der Waals surface area contributed by atoms with Crippen LogP contribution in [0.15, 0.2) is 48.2 Å². The van der Waals surface area contributed by atoms with E-state index in [1.165, 1.54) is 4.90 Å². The predicted octanol–water partition coefficient (Wildman–Crippen LogP) is 2.39. The lowest BCUT2D eigenvalue weighted by Crippen LogP contribution is -2.40. The van der Waals surface area contributed by atoms with Gasteiger partial charge >= 0.3 is 0 Å². The van der Waals surface area contributed by atoms with Crippen molar-refractivity contribution in [2.24, 2.45) is 0 Å². The Morgan fingerprint density at radius 1 is 0.906 bits per heavy atom. The second kappa shape index (κ2) is 8.92. The van der Waals surface area contributed by atoms with Crippen LogP contribution >= 0.6 is 0 Å². The number of hydrogen-bond acceptors (Lipinski definition) is 7. The van der Waals surface area contributed by atoms with Gasteiger partial charge in [-0.15, -0.1) is 0 Å². The lowest BCUT2D eigenvalue weighted by molar-refractivity contribution is -0.121. The van der Waals surface area contributed by atoms with Crippen molar-refractivity contribution in [1.29, 1.82) is 0 Å². The molecule has 0 spiro atoms. The monoisotopic (exact) mass is 437 g/mol. The molecule has 4 rings (SSSR count). The van der Waals surface area contributed by atoms with Crippen molar-refractivity contribution in [3.05, 3.63) is 53.7 Å². The summed E-state index contributed by atoms with van der Waals surface area (Å²) in [6.45, 7) is 2.08. The maximum absolute atomic E-state index is 13.7. The van der Waals surface area contributed by atoms with Crippen molar-refractivity contribution in [3.8, 4) is 11.5 Å². The van der Waals surface area contributed by atoms with Crippen molar-refractivity contribution < 1.29 is 23.8 Å². The van der Waals surface area contributed by atoms with Crippen LogP contribution in [0.2, 0.25) is 0 Å². The molecule has 2 aromatic carbocycles. The molecule has 2 aliphatic rings. The number of carbonyl (C=O) groups excluding carboxylic acids is 2. The third-order valence-corrected chi connectivity index (χ3v) is 5.66. The van der Waals surface area contributed by atoms with Crippen molar-refractivity contribution in [1.82, 2.24) is 4.90 Å². The maximum Gasteiger partial charge on any atom is 0.282 e. The Bertz CT molecular complexity index is 1070. The molecule has 1 saturated heterocycles. The van der Waals surface area contributed by atoms with E-state index in [9.17, 15) is 9.59 Å². The SMILES string of the molecule is COc1ccc(C2=C(N3CCOCC3)C(=O)N(c3cccc(N(C)C)c3)C2=O)cc1OC. The fraction of sp³-hybridized carbons (Fsp3) is 0.333. The highest BCUT2D eigenvalue weighted by atomic mass is 16.5. The minimum absolute atomic E-state index is 0.336. The molecule has 0 unspecified atom stereocenters. The topological polar surface area (TPSA) is 71.6 Å². The summed E-state index contributed by atoms with van der Waals surface area (Å²) in [5, 5.41) is 0. The molecular formula is C24H27N3O5. The summed E-state index contributed by atoms with van der Waals surface area (Å²) in [5.74, 6) is 0.349. The average Bonchev–Trinajstić information content (AvgIpc) is 3.09. The molecule has 0 bridgehead atoms. The molecule has 0 radical (unpaired) electrons. The van der Waals surface area contributed by atoms with Crippen molar-refractivity contribution in [2.45, 2.75) is 0 Å². The first-order valence-electron chi connectivity index (χ1n) is 10.4. The Morgan fingerprint density at radius 2 is 1.62 bits per heavy atom. The fourth-order valence-electron chi connectivity index (χ4n) is 4.00. The van der Waals surface area contributed by atoms with E-state index in [1.807, 2.05) is 42.1 Å². The van der Waals surface area contributed by atoms with Gasteiger partial charge in [0.15, 0.2) is 11.5 Å². The van der Waals surface area contributed by atoms with Crippen LogP contribution in [0, 0.1) is 0 Å². The Morgan fingerprint density at radius 3 is 2.28 bits per heavy atom. The molecule has 0 aromatic heterocycles.